The summed E-state index contributed by atoms with van der Waals surface area (Å²) >= 11 is 0. The molecule has 39 heavy (non-hydrogen) atoms. The second kappa shape index (κ2) is 15.0. The van der Waals surface area contributed by atoms with Gasteiger partial charge < -0.3 is 19.7 Å². The average molecular weight is 561 g/mol. The largest absolute Gasteiger partial charge is 0.494 e. The van der Waals surface area contributed by atoms with E-state index in [2.05, 4.69) is 26.1 Å². The highest BCUT2D eigenvalue weighted by molar-refractivity contribution is 7.93. The molecule has 1 saturated heterocycles. The fourth-order valence-electron chi connectivity index (χ4n) is 4.15. The Bertz CT molecular complexity index is 1150. The highest BCUT2D eigenvalue weighted by Crippen LogP contribution is 2.37. The minimum atomic E-state index is -3.87. The van der Waals surface area contributed by atoms with Crippen LogP contribution in [0.3, 0.4) is 0 Å². The Labute approximate surface area is 234 Å². The van der Waals surface area contributed by atoms with Gasteiger partial charge in [0, 0.05) is 51.5 Å². The highest BCUT2D eigenvalue weighted by Gasteiger charge is 2.50. The van der Waals surface area contributed by atoms with Crippen LogP contribution < -0.4 is 15.0 Å². The molecule has 0 saturated carbocycles. The Balaban J connectivity index is 0.00000124. The molecule has 3 rings (SSSR count). The first-order valence-corrected chi connectivity index (χ1v) is 15.1. The Morgan fingerprint density at radius 3 is 2.08 bits per heavy atom. The van der Waals surface area contributed by atoms with Crippen LogP contribution in [0.1, 0.15) is 59.8 Å². The molecule has 9 heteroatoms. The van der Waals surface area contributed by atoms with Crippen LogP contribution >= 0.6 is 0 Å². The number of amides is 1. The van der Waals surface area contributed by atoms with Crippen molar-refractivity contribution >= 4 is 32.9 Å². The molecule has 0 aromatic heterocycles. The van der Waals surface area contributed by atoms with Crippen LogP contribution in [0.5, 0.6) is 5.75 Å². The maximum atomic E-state index is 13.4. The zero-order valence-corrected chi connectivity index (χ0v) is 25.0. The number of benzene rings is 2. The lowest BCUT2D eigenvalue weighted by atomic mass is 9.92. The fourth-order valence-corrected chi connectivity index (χ4v) is 6.24. The molecule has 2 aromatic carbocycles. The summed E-state index contributed by atoms with van der Waals surface area (Å²) in [7, 11) is 0.0428. The Hall–Kier alpha value is -2.91. The number of hydrogen-bond acceptors (Lipinski definition) is 7. The van der Waals surface area contributed by atoms with Gasteiger partial charge in [-0.05, 0) is 73.7 Å². The van der Waals surface area contributed by atoms with Crippen molar-refractivity contribution < 1.29 is 27.5 Å². The van der Waals surface area contributed by atoms with Crippen LogP contribution in [-0.2, 0) is 24.2 Å². The topological polar surface area (TPSA) is 102 Å². The van der Waals surface area contributed by atoms with Gasteiger partial charge in [-0.2, -0.15) is 0 Å². The minimum absolute atomic E-state index is 0.102. The van der Waals surface area contributed by atoms with Crippen molar-refractivity contribution in [2.24, 2.45) is 5.92 Å². The maximum Gasteiger partial charge on any atom is 0.224 e. The summed E-state index contributed by atoms with van der Waals surface area (Å²) in [5.41, 5.74) is 1.79. The predicted molar refractivity (Wildman–Crippen MR) is 156 cm³/mol. The van der Waals surface area contributed by atoms with Gasteiger partial charge in [-0.25, -0.2) is 8.42 Å². The molecule has 0 bridgehead atoms. The molecule has 216 valence electrons. The van der Waals surface area contributed by atoms with Crippen LogP contribution in [0.25, 0.3) is 0 Å². The third kappa shape index (κ3) is 9.07. The second-order valence-electron chi connectivity index (χ2n) is 10.5. The molecular formula is C30H44N2O6S. The average Bonchev–Trinajstić information content (AvgIpc) is 2.91. The Morgan fingerprint density at radius 2 is 1.56 bits per heavy atom. The molecule has 1 fully saturated rings. The van der Waals surface area contributed by atoms with Gasteiger partial charge in [-0.1, -0.05) is 27.7 Å². The normalized spacial score (nSPS) is 14.6. The maximum absolute atomic E-state index is 13.4. The van der Waals surface area contributed by atoms with Crippen molar-refractivity contribution in [1.29, 1.82) is 0 Å². The van der Waals surface area contributed by atoms with E-state index in [1.54, 1.807) is 19.1 Å². The SMILES string of the molecule is CC(C)C.CCC(=O)C1(S(=O)(=O)c2ccc(OCCCC(=O)Nc3ccc(N(C)C)cc3)cc2)CCOCC1. The molecule has 0 aliphatic carbocycles. The van der Waals surface area contributed by atoms with Gasteiger partial charge in [0.1, 0.15) is 10.5 Å². The zero-order chi connectivity index (χ0) is 29.1. The van der Waals surface area contributed by atoms with Crippen LogP contribution in [0.15, 0.2) is 53.4 Å². The predicted octanol–water partition coefficient (Wildman–Crippen LogP) is 5.51. The summed E-state index contributed by atoms with van der Waals surface area (Å²) in [5, 5.41) is 2.86. The molecule has 0 atom stereocenters. The first-order chi connectivity index (χ1) is 18.4. The van der Waals surface area contributed by atoms with Crippen molar-refractivity contribution in [3.63, 3.8) is 0 Å². The summed E-state index contributed by atoms with van der Waals surface area (Å²) in [4.78, 5) is 26.9. The number of carbonyl (C=O) groups excluding carboxylic acids is 2. The van der Waals surface area contributed by atoms with E-state index < -0.39 is 14.6 Å². The standard InChI is InChI=1S/C26H34N2O6S.C4H10/c1-4-24(29)26(15-18-33-19-16-26)35(31,32)23-13-11-22(12-14-23)34-17-5-6-25(30)27-20-7-9-21(10-8-20)28(2)3;1-4(2)3/h7-14H,4-6,15-19H2,1-3H3,(H,27,30);4H,1-3H3. The van der Waals surface area contributed by atoms with Crippen LogP contribution in [0.2, 0.25) is 0 Å². The Kier molecular flexibility index (Phi) is 12.4. The quantitative estimate of drug-likeness (QED) is 0.361. The monoisotopic (exact) mass is 560 g/mol. The number of carbonyl (C=O) groups is 2. The first kappa shape index (κ1) is 32.3. The lowest BCUT2D eigenvalue weighted by Crippen LogP contribution is -2.50. The summed E-state index contributed by atoms with van der Waals surface area (Å²) in [5.74, 6) is 0.967. The van der Waals surface area contributed by atoms with Crippen molar-refractivity contribution in [2.75, 3.05) is 44.1 Å². The van der Waals surface area contributed by atoms with E-state index >= 15 is 0 Å². The highest BCUT2D eigenvalue weighted by atomic mass is 32.2. The third-order valence-electron chi connectivity index (χ3n) is 6.26. The molecule has 0 radical (unpaired) electrons. The van der Waals surface area contributed by atoms with Gasteiger partial charge in [-0.3, -0.25) is 9.59 Å². The van der Waals surface area contributed by atoms with Gasteiger partial charge in [0.2, 0.25) is 5.91 Å². The van der Waals surface area contributed by atoms with Gasteiger partial charge in [0.25, 0.3) is 0 Å². The van der Waals surface area contributed by atoms with E-state index in [0.29, 0.717) is 25.2 Å². The van der Waals surface area contributed by atoms with Gasteiger partial charge in [-0.15, -0.1) is 0 Å². The zero-order valence-electron chi connectivity index (χ0n) is 24.2. The van der Waals surface area contributed by atoms with Gasteiger partial charge in [0.15, 0.2) is 15.6 Å². The number of Topliss-reactive ketones (excluding diaryl/α,β-unsaturated/α-hetero) is 1. The fraction of sp³-hybridized carbons (Fsp3) is 0.533. The molecule has 1 aliphatic rings. The number of ketones is 1. The molecule has 1 heterocycles. The van der Waals surface area contributed by atoms with Crippen molar-refractivity contribution in [3.05, 3.63) is 48.5 Å². The summed E-state index contributed by atoms with van der Waals surface area (Å²) in [6, 6.07) is 13.7. The number of sulfone groups is 1. The number of nitrogens with zero attached hydrogens (tertiary/aromatic N) is 1. The summed E-state index contributed by atoms with van der Waals surface area (Å²) < 4.78 is 36.4. The van der Waals surface area contributed by atoms with E-state index in [4.69, 9.17) is 9.47 Å². The van der Waals surface area contributed by atoms with Crippen LogP contribution in [0.4, 0.5) is 11.4 Å². The molecule has 1 aliphatic heterocycles. The summed E-state index contributed by atoms with van der Waals surface area (Å²) in [6.45, 7) is 9.00. The minimum Gasteiger partial charge on any atom is -0.494 e. The third-order valence-corrected chi connectivity index (χ3v) is 8.82. The summed E-state index contributed by atoms with van der Waals surface area (Å²) in [6.07, 6.45) is 1.31. The molecule has 1 N–H and O–H groups in total. The number of ether oxygens (including phenoxy) is 2. The van der Waals surface area contributed by atoms with Crippen molar-refractivity contribution in [3.8, 4) is 5.75 Å². The van der Waals surface area contributed by atoms with Crippen LogP contribution in [-0.4, -0.2) is 58.8 Å². The molecule has 0 spiro atoms. The smallest absolute Gasteiger partial charge is 0.224 e. The molecule has 0 unspecified atom stereocenters. The second-order valence-corrected chi connectivity index (χ2v) is 12.8. The Morgan fingerprint density at radius 1 is 1.00 bits per heavy atom. The van der Waals surface area contributed by atoms with E-state index in [9.17, 15) is 18.0 Å². The van der Waals surface area contributed by atoms with E-state index in [-0.39, 0.29) is 49.1 Å². The molecule has 1 amide bonds. The van der Waals surface area contributed by atoms with Crippen LogP contribution in [0, 0.1) is 5.92 Å². The molecular weight excluding hydrogens is 516 g/mol. The molecule has 2 aromatic rings. The lowest BCUT2D eigenvalue weighted by molar-refractivity contribution is -0.123. The number of hydrogen-bond donors (Lipinski definition) is 1. The number of rotatable bonds is 11. The van der Waals surface area contributed by atoms with Crippen molar-refractivity contribution in [2.45, 2.75) is 69.4 Å². The first-order valence-electron chi connectivity index (χ1n) is 13.6. The number of anilines is 2. The van der Waals surface area contributed by atoms with Crippen molar-refractivity contribution in [1.82, 2.24) is 0 Å². The van der Waals surface area contributed by atoms with E-state index in [1.807, 2.05) is 43.3 Å². The van der Waals surface area contributed by atoms with Gasteiger partial charge >= 0.3 is 0 Å². The lowest BCUT2D eigenvalue weighted by Gasteiger charge is -2.35. The number of nitrogens with one attached hydrogen (secondary N) is 1. The van der Waals surface area contributed by atoms with E-state index in [1.165, 1.54) is 12.1 Å². The van der Waals surface area contributed by atoms with E-state index in [0.717, 1.165) is 17.3 Å². The molecule has 8 nitrogen and oxygen atoms in total. The van der Waals surface area contributed by atoms with Gasteiger partial charge in [0.05, 0.1) is 11.5 Å².